The molecule has 2 aliphatic carbocycles. The summed E-state index contributed by atoms with van der Waals surface area (Å²) in [5.41, 5.74) is 8.03. The lowest BCUT2D eigenvalue weighted by atomic mass is 9.86. The Morgan fingerprint density at radius 2 is 1.61 bits per heavy atom. The van der Waals surface area contributed by atoms with Crippen LogP contribution in [-0.4, -0.2) is 24.5 Å². The number of benzene rings is 2. The molecule has 0 spiro atoms. The van der Waals surface area contributed by atoms with E-state index in [9.17, 15) is 4.79 Å². The van der Waals surface area contributed by atoms with Crippen molar-refractivity contribution in [1.29, 1.82) is 0 Å². The van der Waals surface area contributed by atoms with Crippen molar-refractivity contribution in [1.82, 2.24) is 0 Å². The van der Waals surface area contributed by atoms with E-state index in [1.807, 2.05) is 18.2 Å². The van der Waals surface area contributed by atoms with E-state index in [0.717, 1.165) is 61.1 Å². The number of nitrogens with zero attached hydrogens (tertiary/aromatic N) is 2. The zero-order valence-electron chi connectivity index (χ0n) is 16.1. The van der Waals surface area contributed by atoms with Crippen LogP contribution < -0.4 is 0 Å². The molecule has 4 nitrogen and oxygen atoms in total. The molecule has 0 aromatic heterocycles. The van der Waals surface area contributed by atoms with Gasteiger partial charge in [0, 0.05) is 17.2 Å². The molecule has 142 valence electrons. The predicted octanol–water partition coefficient (Wildman–Crippen LogP) is 4.74. The average Bonchev–Trinajstić information content (AvgIpc) is 2.75. The second-order valence-corrected chi connectivity index (χ2v) is 7.20. The second kappa shape index (κ2) is 8.34. The standard InChI is InChI=1S/C24H24N2O2/c1-28-23(27)16-15-19-10-4-9-18-11-6-14-22(24(18)19)26-25-21-13-5-8-17-7-2-3-12-20(17)21/h2-4,7,9-10,12,15-16H,5-6,8,11,13-14H2,1H3/b16-15+,25-21+,26-22+. The smallest absolute Gasteiger partial charge is 0.330 e. The van der Waals surface area contributed by atoms with E-state index in [4.69, 9.17) is 9.84 Å². The minimum Gasteiger partial charge on any atom is -0.466 e. The van der Waals surface area contributed by atoms with Crippen molar-refractivity contribution in [2.45, 2.75) is 38.5 Å². The Labute approximate surface area is 165 Å². The minimum atomic E-state index is -0.356. The molecule has 0 bridgehead atoms. The number of esters is 1. The van der Waals surface area contributed by atoms with Crippen LogP contribution in [0.1, 0.15) is 53.5 Å². The number of ether oxygens (including phenoxy) is 1. The first-order chi connectivity index (χ1) is 13.8. The summed E-state index contributed by atoms with van der Waals surface area (Å²) < 4.78 is 4.73. The van der Waals surface area contributed by atoms with Crippen LogP contribution in [0.3, 0.4) is 0 Å². The summed E-state index contributed by atoms with van der Waals surface area (Å²) in [6.45, 7) is 0. The van der Waals surface area contributed by atoms with Crippen LogP contribution in [0.4, 0.5) is 0 Å². The molecule has 0 amide bonds. The van der Waals surface area contributed by atoms with Crippen molar-refractivity contribution in [2.24, 2.45) is 10.2 Å². The van der Waals surface area contributed by atoms with Crippen LogP contribution >= 0.6 is 0 Å². The van der Waals surface area contributed by atoms with Gasteiger partial charge in [0.15, 0.2) is 0 Å². The van der Waals surface area contributed by atoms with E-state index in [0.29, 0.717) is 0 Å². The van der Waals surface area contributed by atoms with E-state index in [1.165, 1.54) is 29.9 Å². The highest BCUT2D eigenvalue weighted by atomic mass is 16.5. The maximum atomic E-state index is 11.5. The van der Waals surface area contributed by atoms with Gasteiger partial charge in [0.25, 0.3) is 0 Å². The quantitative estimate of drug-likeness (QED) is 0.444. The Hall–Kier alpha value is -3.01. The molecule has 4 rings (SSSR count). The van der Waals surface area contributed by atoms with Gasteiger partial charge >= 0.3 is 5.97 Å². The molecule has 0 heterocycles. The first kappa shape index (κ1) is 18.4. The molecule has 0 saturated carbocycles. The Bertz CT molecular complexity index is 986. The Balaban J connectivity index is 1.72. The first-order valence-electron chi connectivity index (χ1n) is 9.86. The summed E-state index contributed by atoms with van der Waals surface area (Å²) in [5.74, 6) is -0.356. The SMILES string of the molecule is COC(=O)/C=C/c1cccc2c1/C(=N/N=C1\CCCc3ccccc31)CCC2. The van der Waals surface area contributed by atoms with Gasteiger partial charge in [-0.2, -0.15) is 10.2 Å². The van der Waals surface area contributed by atoms with E-state index in [1.54, 1.807) is 0 Å². The fourth-order valence-electron chi connectivity index (χ4n) is 4.04. The normalized spacial score (nSPS) is 18.9. The van der Waals surface area contributed by atoms with Crippen LogP contribution in [0.25, 0.3) is 6.08 Å². The highest BCUT2D eigenvalue weighted by Gasteiger charge is 2.19. The Morgan fingerprint density at radius 3 is 2.46 bits per heavy atom. The molecule has 28 heavy (non-hydrogen) atoms. The summed E-state index contributed by atoms with van der Waals surface area (Å²) in [4.78, 5) is 11.5. The van der Waals surface area contributed by atoms with Crippen LogP contribution in [0.5, 0.6) is 0 Å². The highest BCUT2D eigenvalue weighted by molar-refractivity contribution is 6.07. The molecule has 2 aromatic carbocycles. The third kappa shape index (κ3) is 3.81. The van der Waals surface area contributed by atoms with Gasteiger partial charge in [-0.05, 0) is 61.3 Å². The predicted molar refractivity (Wildman–Crippen MR) is 113 cm³/mol. The molecule has 0 aliphatic heterocycles. The van der Waals surface area contributed by atoms with Crippen LogP contribution in [-0.2, 0) is 22.4 Å². The number of hydrogen-bond donors (Lipinski definition) is 0. The van der Waals surface area contributed by atoms with Crippen LogP contribution in [0, 0.1) is 0 Å². The maximum absolute atomic E-state index is 11.5. The third-order valence-electron chi connectivity index (χ3n) is 5.41. The molecule has 2 aromatic rings. The van der Waals surface area contributed by atoms with Crippen LogP contribution in [0.2, 0.25) is 0 Å². The van der Waals surface area contributed by atoms with Crippen molar-refractivity contribution in [3.8, 4) is 0 Å². The summed E-state index contributed by atoms with van der Waals surface area (Å²) in [6, 6.07) is 14.7. The number of carbonyl (C=O) groups is 1. The number of aryl methyl sites for hydroxylation is 2. The number of carbonyl (C=O) groups excluding carboxylic acids is 1. The Morgan fingerprint density at radius 1 is 0.893 bits per heavy atom. The number of hydrogen-bond acceptors (Lipinski definition) is 4. The van der Waals surface area contributed by atoms with Crippen LogP contribution in [0.15, 0.2) is 58.7 Å². The van der Waals surface area contributed by atoms with Gasteiger partial charge < -0.3 is 4.74 Å². The molecular formula is C24H24N2O2. The number of fused-ring (bicyclic) bond motifs is 2. The lowest BCUT2D eigenvalue weighted by Gasteiger charge is -2.20. The van der Waals surface area contributed by atoms with E-state index >= 15 is 0 Å². The molecule has 0 atom stereocenters. The molecule has 4 heteroatoms. The summed E-state index contributed by atoms with van der Waals surface area (Å²) in [6.07, 6.45) is 9.45. The molecule has 2 aliphatic rings. The van der Waals surface area contributed by atoms with Crippen molar-refractivity contribution in [3.05, 3.63) is 76.4 Å². The minimum absolute atomic E-state index is 0.356. The van der Waals surface area contributed by atoms with Crippen molar-refractivity contribution < 1.29 is 9.53 Å². The second-order valence-electron chi connectivity index (χ2n) is 7.20. The molecule has 0 radical (unpaired) electrons. The van der Waals surface area contributed by atoms with E-state index in [2.05, 4.69) is 35.4 Å². The van der Waals surface area contributed by atoms with Gasteiger partial charge in [0.2, 0.25) is 0 Å². The molecule has 0 unspecified atom stereocenters. The monoisotopic (exact) mass is 372 g/mol. The van der Waals surface area contributed by atoms with E-state index < -0.39 is 0 Å². The summed E-state index contributed by atoms with van der Waals surface area (Å²) in [5, 5.41) is 9.40. The van der Waals surface area contributed by atoms with Crippen molar-refractivity contribution in [3.63, 3.8) is 0 Å². The lowest BCUT2D eigenvalue weighted by molar-refractivity contribution is -0.134. The van der Waals surface area contributed by atoms with Crippen molar-refractivity contribution in [2.75, 3.05) is 7.11 Å². The molecule has 0 N–H and O–H groups in total. The van der Waals surface area contributed by atoms with Gasteiger partial charge in [-0.1, -0.05) is 42.5 Å². The fraction of sp³-hybridized carbons (Fsp3) is 0.292. The third-order valence-corrected chi connectivity index (χ3v) is 5.41. The highest BCUT2D eigenvalue weighted by Crippen LogP contribution is 2.27. The van der Waals surface area contributed by atoms with Gasteiger partial charge in [-0.15, -0.1) is 0 Å². The van der Waals surface area contributed by atoms with Gasteiger partial charge in [0.1, 0.15) is 0 Å². The lowest BCUT2D eigenvalue weighted by Crippen LogP contribution is -2.15. The van der Waals surface area contributed by atoms with Gasteiger partial charge in [0.05, 0.1) is 18.5 Å². The Kier molecular flexibility index (Phi) is 5.47. The van der Waals surface area contributed by atoms with Crippen molar-refractivity contribution >= 4 is 23.5 Å². The summed E-state index contributed by atoms with van der Waals surface area (Å²) in [7, 11) is 1.39. The number of methoxy groups -OCH3 is 1. The molecular weight excluding hydrogens is 348 g/mol. The zero-order chi connectivity index (χ0) is 19.3. The number of rotatable bonds is 3. The van der Waals surface area contributed by atoms with Gasteiger partial charge in [-0.25, -0.2) is 4.79 Å². The van der Waals surface area contributed by atoms with Gasteiger partial charge in [-0.3, -0.25) is 0 Å². The topological polar surface area (TPSA) is 51.0 Å². The largest absolute Gasteiger partial charge is 0.466 e. The zero-order valence-corrected chi connectivity index (χ0v) is 16.1. The molecule has 0 saturated heterocycles. The first-order valence-corrected chi connectivity index (χ1v) is 9.86. The summed E-state index contributed by atoms with van der Waals surface area (Å²) >= 11 is 0. The van der Waals surface area contributed by atoms with E-state index in [-0.39, 0.29) is 5.97 Å². The molecule has 0 fully saturated rings. The average molecular weight is 372 g/mol. The maximum Gasteiger partial charge on any atom is 0.330 e. The fourth-order valence-corrected chi connectivity index (χ4v) is 4.04.